The first kappa shape index (κ1) is 9.42. The number of hydrogen-bond donors (Lipinski definition) is 0. The lowest BCUT2D eigenvalue weighted by Crippen LogP contribution is -1.55. The maximum absolute atomic E-state index is 2.36. The Kier molecular flexibility index (Phi) is 3.09. The Labute approximate surface area is 106 Å². The zero-order valence-corrected chi connectivity index (χ0v) is 11.8. The van der Waals surface area contributed by atoms with Crippen molar-refractivity contribution in [3.63, 3.8) is 0 Å². The van der Waals surface area contributed by atoms with Crippen LogP contribution in [-0.4, -0.2) is 0 Å². The van der Waals surface area contributed by atoms with Crippen LogP contribution < -0.4 is 0 Å². The highest BCUT2D eigenvalue weighted by Crippen LogP contribution is 2.34. The van der Waals surface area contributed by atoms with E-state index in [1.165, 1.54) is 15.5 Å². The summed E-state index contributed by atoms with van der Waals surface area (Å²) < 4.78 is 2.71. The number of thiophene rings is 2. The molecule has 2 heterocycles. The van der Waals surface area contributed by atoms with E-state index < -0.39 is 0 Å². The summed E-state index contributed by atoms with van der Waals surface area (Å²) in [7, 11) is 0. The van der Waals surface area contributed by atoms with E-state index in [0.717, 1.165) is 0 Å². The van der Waals surface area contributed by atoms with Crippen LogP contribution in [-0.2, 0) is 0 Å². The van der Waals surface area contributed by atoms with E-state index in [0.29, 0.717) is 0 Å². The van der Waals surface area contributed by atoms with Gasteiger partial charge < -0.3 is 0 Å². The third-order valence-corrected chi connectivity index (χ3v) is 5.37. The molecule has 0 bridgehead atoms. The van der Waals surface area contributed by atoms with Gasteiger partial charge in [0.1, 0.15) is 0 Å². The molecule has 0 aliphatic heterocycles. The first-order chi connectivity index (χ1) is 5.75. The van der Waals surface area contributed by atoms with Crippen LogP contribution in [0.4, 0.5) is 0 Å². The van der Waals surface area contributed by atoms with Crippen molar-refractivity contribution in [2.24, 2.45) is 0 Å². The fraction of sp³-hybridized carbons (Fsp3) is 0. The van der Waals surface area contributed by atoms with Crippen LogP contribution in [0.1, 0.15) is 0 Å². The average Bonchev–Trinajstić information content (AvgIpc) is 2.58. The first-order valence-corrected chi connectivity index (χ1v) is 7.06. The first-order valence-electron chi connectivity index (χ1n) is 3.27. The van der Waals surface area contributed by atoms with Crippen molar-refractivity contribution in [1.29, 1.82) is 0 Å². The van der Waals surface area contributed by atoms with Gasteiger partial charge in [-0.15, -0.1) is 22.7 Å². The molecule has 0 amide bonds. The van der Waals surface area contributed by atoms with Gasteiger partial charge in [-0.3, -0.25) is 0 Å². The predicted molar refractivity (Wildman–Crippen MR) is 73.1 cm³/mol. The molecule has 0 aliphatic rings. The van der Waals surface area contributed by atoms with E-state index in [2.05, 4.69) is 69.4 Å². The molecule has 0 unspecified atom stereocenters. The third-order valence-electron chi connectivity index (χ3n) is 1.39. The molecule has 0 saturated carbocycles. The Morgan fingerprint density at radius 1 is 0.750 bits per heavy atom. The van der Waals surface area contributed by atoms with Crippen molar-refractivity contribution in [1.82, 2.24) is 0 Å². The summed E-state index contributed by atoms with van der Waals surface area (Å²) >= 11 is 8.41. The van der Waals surface area contributed by atoms with E-state index in [4.69, 9.17) is 0 Å². The molecule has 2 rings (SSSR count). The van der Waals surface area contributed by atoms with Gasteiger partial charge in [-0.2, -0.15) is 0 Å². The van der Waals surface area contributed by atoms with Gasteiger partial charge in [-0.25, -0.2) is 0 Å². The molecule has 0 nitrogen and oxygen atoms in total. The van der Waals surface area contributed by atoms with Gasteiger partial charge in [0.2, 0.25) is 0 Å². The standard InChI is InChI=1S/C8H4I2S2/c9-7-3-1-5(11-7)6-2-4-8(10)12-6/h1-4H. The van der Waals surface area contributed by atoms with E-state index >= 15 is 0 Å². The largest absolute Gasteiger partial charge is 0.128 e. The molecular weight excluding hydrogens is 414 g/mol. The molecule has 12 heavy (non-hydrogen) atoms. The summed E-state index contributed by atoms with van der Waals surface area (Å²) in [4.78, 5) is 2.76. The lowest BCUT2D eigenvalue weighted by Gasteiger charge is -1.86. The van der Waals surface area contributed by atoms with Crippen LogP contribution in [0.25, 0.3) is 9.75 Å². The Hall–Kier alpha value is 0.860. The smallest absolute Gasteiger partial charge is 0.0660 e. The monoisotopic (exact) mass is 418 g/mol. The van der Waals surface area contributed by atoms with Gasteiger partial charge in [-0.05, 0) is 69.4 Å². The second kappa shape index (κ2) is 3.93. The highest BCUT2D eigenvalue weighted by atomic mass is 127. The topological polar surface area (TPSA) is 0 Å². The molecule has 0 atom stereocenters. The van der Waals surface area contributed by atoms with Crippen molar-refractivity contribution in [2.75, 3.05) is 0 Å². The maximum atomic E-state index is 2.36. The Balaban J connectivity index is 2.43. The van der Waals surface area contributed by atoms with Gasteiger partial charge >= 0.3 is 0 Å². The highest BCUT2D eigenvalue weighted by Gasteiger charge is 2.03. The molecule has 0 aromatic carbocycles. The molecule has 0 spiro atoms. The summed E-state index contributed by atoms with van der Waals surface area (Å²) in [6, 6.07) is 8.70. The SMILES string of the molecule is Ic1ccc(-c2ccc(I)s2)s1. The molecular formula is C8H4I2S2. The maximum Gasteiger partial charge on any atom is 0.0660 e. The zero-order valence-electron chi connectivity index (χ0n) is 5.88. The number of rotatable bonds is 1. The Morgan fingerprint density at radius 3 is 1.42 bits per heavy atom. The van der Waals surface area contributed by atoms with Crippen molar-refractivity contribution in [2.45, 2.75) is 0 Å². The van der Waals surface area contributed by atoms with E-state index in [9.17, 15) is 0 Å². The van der Waals surface area contributed by atoms with Gasteiger partial charge in [0.25, 0.3) is 0 Å². The number of hydrogen-bond acceptors (Lipinski definition) is 2. The Morgan fingerprint density at radius 2 is 1.17 bits per heavy atom. The summed E-state index contributed by atoms with van der Waals surface area (Å²) in [6.45, 7) is 0. The zero-order chi connectivity index (χ0) is 8.55. The van der Waals surface area contributed by atoms with Gasteiger partial charge in [0.15, 0.2) is 0 Å². The minimum absolute atomic E-state index is 1.35. The summed E-state index contributed by atoms with van der Waals surface area (Å²) in [5.41, 5.74) is 0. The molecule has 0 saturated heterocycles. The Bertz CT molecular complexity index is 351. The second-order valence-corrected chi connectivity index (χ2v) is 8.16. The minimum Gasteiger partial charge on any atom is -0.128 e. The van der Waals surface area contributed by atoms with Crippen molar-refractivity contribution in [3.8, 4) is 9.75 Å². The molecule has 0 radical (unpaired) electrons. The van der Waals surface area contributed by atoms with Crippen molar-refractivity contribution < 1.29 is 0 Å². The molecule has 0 N–H and O–H groups in total. The van der Waals surface area contributed by atoms with Crippen LogP contribution in [0, 0.1) is 5.77 Å². The van der Waals surface area contributed by atoms with Crippen molar-refractivity contribution in [3.05, 3.63) is 30.0 Å². The summed E-state index contributed by atoms with van der Waals surface area (Å²) in [6.07, 6.45) is 0. The van der Waals surface area contributed by atoms with Crippen LogP contribution in [0.2, 0.25) is 0 Å². The van der Waals surface area contributed by atoms with E-state index in [-0.39, 0.29) is 0 Å². The average molecular weight is 418 g/mol. The minimum atomic E-state index is 1.35. The molecule has 62 valence electrons. The third kappa shape index (κ3) is 2.02. The van der Waals surface area contributed by atoms with Crippen LogP contribution in [0.5, 0.6) is 0 Å². The summed E-state index contributed by atoms with van der Waals surface area (Å²) in [5, 5.41) is 0. The van der Waals surface area contributed by atoms with Gasteiger partial charge in [0.05, 0.1) is 5.77 Å². The van der Waals surface area contributed by atoms with Crippen molar-refractivity contribution >= 4 is 67.9 Å². The van der Waals surface area contributed by atoms with Gasteiger partial charge in [-0.1, -0.05) is 0 Å². The molecule has 0 aliphatic carbocycles. The van der Waals surface area contributed by atoms with Crippen LogP contribution in [0.15, 0.2) is 24.3 Å². The molecule has 4 heteroatoms. The molecule has 2 aromatic heterocycles. The molecule has 0 fully saturated rings. The second-order valence-electron chi connectivity index (χ2n) is 2.21. The number of halogens is 2. The van der Waals surface area contributed by atoms with Crippen LogP contribution >= 0.6 is 67.9 Å². The fourth-order valence-corrected chi connectivity index (χ4v) is 4.23. The molecule has 2 aromatic rings. The quantitative estimate of drug-likeness (QED) is 0.590. The fourth-order valence-electron chi connectivity index (χ4n) is 0.893. The predicted octanol–water partition coefficient (Wildman–Crippen LogP) is 4.69. The lowest BCUT2D eigenvalue weighted by atomic mass is 10.4. The van der Waals surface area contributed by atoms with E-state index in [1.54, 1.807) is 0 Å². The van der Waals surface area contributed by atoms with E-state index in [1.807, 2.05) is 22.7 Å². The van der Waals surface area contributed by atoms with Crippen LogP contribution in [0.3, 0.4) is 0 Å². The highest BCUT2D eigenvalue weighted by molar-refractivity contribution is 14.1. The lowest BCUT2D eigenvalue weighted by molar-refractivity contribution is 1.90. The summed E-state index contributed by atoms with van der Waals surface area (Å²) in [5.74, 6) is 0. The van der Waals surface area contributed by atoms with Gasteiger partial charge in [0, 0.05) is 9.75 Å². The normalized spacial score (nSPS) is 10.5.